The van der Waals surface area contributed by atoms with Crippen molar-refractivity contribution in [3.8, 4) is 5.88 Å². The molecule has 1 aliphatic rings. The van der Waals surface area contributed by atoms with Gasteiger partial charge in [-0.25, -0.2) is 17.8 Å². The minimum absolute atomic E-state index is 0.0248. The molecule has 0 aliphatic carbocycles. The summed E-state index contributed by atoms with van der Waals surface area (Å²) in [7, 11) is -3.73. The third-order valence-electron chi connectivity index (χ3n) is 3.79. The first kappa shape index (κ1) is 17.1. The predicted molar refractivity (Wildman–Crippen MR) is 88.2 cm³/mol. The Morgan fingerprint density at radius 3 is 2.83 bits per heavy atom. The van der Waals surface area contributed by atoms with Gasteiger partial charge in [-0.15, -0.1) is 0 Å². The number of rotatable bonds is 4. The van der Waals surface area contributed by atoms with E-state index in [1.165, 1.54) is 10.4 Å². The van der Waals surface area contributed by atoms with Gasteiger partial charge in [0.15, 0.2) is 0 Å². The van der Waals surface area contributed by atoms with Gasteiger partial charge in [-0.05, 0) is 37.6 Å². The molecule has 0 spiro atoms. The number of hydrogen-bond acceptors (Lipinski definition) is 4. The molecule has 0 radical (unpaired) electrons. The highest BCUT2D eigenvalue weighted by atomic mass is 35.5. The maximum absolute atomic E-state index is 13.2. The predicted octanol–water partition coefficient (Wildman–Crippen LogP) is 3.02. The molecule has 1 fully saturated rings. The van der Waals surface area contributed by atoms with Crippen LogP contribution in [0.5, 0.6) is 5.88 Å². The Balaban J connectivity index is 1.73. The fourth-order valence-electron chi connectivity index (χ4n) is 2.55. The van der Waals surface area contributed by atoms with Gasteiger partial charge >= 0.3 is 0 Å². The second-order valence-corrected chi connectivity index (χ2v) is 7.93. The molecule has 1 aromatic carbocycles. The summed E-state index contributed by atoms with van der Waals surface area (Å²) in [5.41, 5.74) is 0.830. The van der Waals surface area contributed by atoms with E-state index in [1.807, 2.05) is 19.1 Å². The van der Waals surface area contributed by atoms with Crippen molar-refractivity contribution in [2.45, 2.75) is 24.3 Å². The van der Waals surface area contributed by atoms with Crippen LogP contribution in [0, 0.1) is 12.7 Å². The van der Waals surface area contributed by atoms with Crippen LogP contribution in [0.25, 0.3) is 0 Å². The van der Waals surface area contributed by atoms with Crippen LogP contribution in [0.3, 0.4) is 0 Å². The van der Waals surface area contributed by atoms with E-state index >= 15 is 0 Å². The molecule has 0 N–H and O–H groups in total. The van der Waals surface area contributed by atoms with Crippen molar-refractivity contribution in [1.82, 2.24) is 9.29 Å². The van der Waals surface area contributed by atoms with Crippen LogP contribution in [-0.2, 0) is 10.0 Å². The molecule has 1 aliphatic heterocycles. The van der Waals surface area contributed by atoms with Gasteiger partial charge in [0.1, 0.15) is 11.9 Å². The summed E-state index contributed by atoms with van der Waals surface area (Å²) in [6, 6.07) is 8.83. The molecule has 1 atom stereocenters. The molecule has 8 heteroatoms. The topological polar surface area (TPSA) is 59.5 Å². The summed E-state index contributed by atoms with van der Waals surface area (Å²) in [6.07, 6.45) is 0.286. The number of ether oxygens (including phenoxy) is 1. The second-order valence-electron chi connectivity index (χ2n) is 5.58. The van der Waals surface area contributed by atoms with E-state index in [0.717, 1.165) is 17.8 Å². The Morgan fingerprint density at radius 1 is 1.33 bits per heavy atom. The Hall–Kier alpha value is -1.70. The number of pyridine rings is 1. The summed E-state index contributed by atoms with van der Waals surface area (Å²) in [4.78, 5) is 4.23. The highest BCUT2D eigenvalue weighted by Gasteiger charge is 2.34. The van der Waals surface area contributed by atoms with E-state index in [2.05, 4.69) is 4.98 Å². The maximum Gasteiger partial charge on any atom is 0.243 e. The molecule has 0 amide bonds. The summed E-state index contributed by atoms with van der Waals surface area (Å²) in [6.45, 7) is 2.40. The average molecular weight is 371 g/mol. The van der Waals surface area contributed by atoms with Crippen LogP contribution in [0.2, 0.25) is 5.02 Å². The fraction of sp³-hybridized carbons (Fsp3) is 0.312. The van der Waals surface area contributed by atoms with Crippen molar-refractivity contribution in [2.24, 2.45) is 0 Å². The largest absolute Gasteiger partial charge is 0.473 e. The highest BCUT2D eigenvalue weighted by Crippen LogP contribution is 2.26. The number of hydrogen-bond donors (Lipinski definition) is 0. The van der Waals surface area contributed by atoms with Crippen molar-refractivity contribution in [3.63, 3.8) is 0 Å². The monoisotopic (exact) mass is 370 g/mol. The summed E-state index contributed by atoms with van der Waals surface area (Å²) < 4.78 is 45.6. The third kappa shape index (κ3) is 3.53. The molecule has 1 saturated heterocycles. The van der Waals surface area contributed by atoms with Gasteiger partial charge in [0.2, 0.25) is 15.9 Å². The SMILES string of the molecule is Cc1cccc(OC2CCN(S(=O)(=O)c3ccc(F)c(Cl)c3)C2)n1. The fourth-order valence-corrected chi connectivity index (χ4v) is 4.31. The number of nitrogens with zero attached hydrogens (tertiary/aromatic N) is 2. The standard InChI is InChI=1S/C16H16ClFN2O3S/c1-11-3-2-4-16(19-11)23-12-7-8-20(10-12)24(21,22)13-5-6-15(18)14(17)9-13/h2-6,9,12H,7-8,10H2,1H3. The first-order valence-electron chi connectivity index (χ1n) is 7.42. The number of halogens is 2. The lowest BCUT2D eigenvalue weighted by atomic mass is 10.3. The van der Waals surface area contributed by atoms with E-state index < -0.39 is 15.8 Å². The number of aryl methyl sites for hydroxylation is 1. The number of benzene rings is 1. The zero-order valence-electron chi connectivity index (χ0n) is 12.9. The van der Waals surface area contributed by atoms with Gasteiger partial charge in [0.25, 0.3) is 0 Å². The van der Waals surface area contributed by atoms with E-state index in [0.29, 0.717) is 18.8 Å². The minimum atomic E-state index is -3.73. The highest BCUT2D eigenvalue weighted by molar-refractivity contribution is 7.89. The molecule has 3 rings (SSSR count). The molecule has 1 unspecified atom stereocenters. The van der Waals surface area contributed by atoms with E-state index in [4.69, 9.17) is 16.3 Å². The normalized spacial score (nSPS) is 18.7. The lowest BCUT2D eigenvalue weighted by Crippen LogP contribution is -2.31. The van der Waals surface area contributed by atoms with E-state index in [9.17, 15) is 12.8 Å². The van der Waals surface area contributed by atoms with Gasteiger partial charge in [0, 0.05) is 18.3 Å². The molecule has 128 valence electrons. The smallest absolute Gasteiger partial charge is 0.243 e. The molecule has 1 aromatic heterocycles. The minimum Gasteiger partial charge on any atom is -0.473 e. The van der Waals surface area contributed by atoms with Crippen LogP contribution < -0.4 is 4.74 Å². The molecule has 24 heavy (non-hydrogen) atoms. The number of aromatic nitrogens is 1. The maximum atomic E-state index is 13.2. The Morgan fingerprint density at radius 2 is 2.12 bits per heavy atom. The molecule has 5 nitrogen and oxygen atoms in total. The van der Waals surface area contributed by atoms with Gasteiger partial charge < -0.3 is 4.74 Å². The van der Waals surface area contributed by atoms with Gasteiger partial charge in [-0.1, -0.05) is 17.7 Å². The van der Waals surface area contributed by atoms with E-state index in [-0.39, 0.29) is 22.6 Å². The molecule has 2 heterocycles. The summed E-state index contributed by atoms with van der Waals surface area (Å²) >= 11 is 5.69. The van der Waals surface area contributed by atoms with Crippen molar-refractivity contribution in [3.05, 3.63) is 52.9 Å². The molecular weight excluding hydrogens is 355 g/mol. The van der Waals surface area contributed by atoms with Gasteiger partial charge in [0.05, 0.1) is 16.5 Å². The van der Waals surface area contributed by atoms with Crippen LogP contribution >= 0.6 is 11.6 Å². The molecule has 0 saturated carbocycles. The molecular formula is C16H16ClFN2O3S. The Kier molecular flexibility index (Phi) is 4.76. The van der Waals surface area contributed by atoms with Crippen molar-refractivity contribution in [1.29, 1.82) is 0 Å². The lowest BCUT2D eigenvalue weighted by molar-refractivity contribution is 0.206. The summed E-state index contributed by atoms with van der Waals surface area (Å²) in [5.74, 6) is -0.173. The van der Waals surface area contributed by atoms with Crippen molar-refractivity contribution >= 4 is 21.6 Å². The van der Waals surface area contributed by atoms with Crippen LogP contribution in [0.4, 0.5) is 4.39 Å². The quantitative estimate of drug-likeness (QED) is 0.830. The van der Waals surface area contributed by atoms with Crippen LogP contribution in [-0.4, -0.2) is 36.9 Å². The lowest BCUT2D eigenvalue weighted by Gasteiger charge is -2.17. The first-order valence-corrected chi connectivity index (χ1v) is 9.23. The van der Waals surface area contributed by atoms with Gasteiger partial charge in [-0.2, -0.15) is 4.31 Å². The van der Waals surface area contributed by atoms with E-state index in [1.54, 1.807) is 6.07 Å². The first-order chi connectivity index (χ1) is 11.4. The zero-order valence-corrected chi connectivity index (χ0v) is 14.5. The second kappa shape index (κ2) is 6.66. The Bertz CT molecular complexity index is 860. The molecule has 0 bridgehead atoms. The van der Waals surface area contributed by atoms with Crippen molar-refractivity contribution in [2.75, 3.05) is 13.1 Å². The zero-order chi connectivity index (χ0) is 17.3. The van der Waals surface area contributed by atoms with Gasteiger partial charge in [-0.3, -0.25) is 0 Å². The summed E-state index contributed by atoms with van der Waals surface area (Å²) in [5, 5.41) is -0.216. The molecule has 2 aromatic rings. The van der Waals surface area contributed by atoms with Crippen LogP contribution in [0.15, 0.2) is 41.3 Å². The third-order valence-corrected chi connectivity index (χ3v) is 5.94. The number of sulfonamides is 1. The van der Waals surface area contributed by atoms with Crippen molar-refractivity contribution < 1.29 is 17.5 Å². The van der Waals surface area contributed by atoms with Crippen LogP contribution in [0.1, 0.15) is 12.1 Å². The average Bonchev–Trinajstić information content (AvgIpc) is 2.99. The Labute approximate surface area is 145 Å².